The standard InChI is InChI=1S/C15H24N2.ClH/c1-11-5-4-6-14(13(11)3)10-17-8-7-15(16)12(2)9-17;/h4-6,12,15H,7-10,16H2,1-3H3;1H. The van der Waals surface area contributed by atoms with E-state index < -0.39 is 0 Å². The van der Waals surface area contributed by atoms with E-state index in [-0.39, 0.29) is 12.4 Å². The Morgan fingerprint density at radius 2 is 2.06 bits per heavy atom. The summed E-state index contributed by atoms with van der Waals surface area (Å²) in [7, 11) is 0. The van der Waals surface area contributed by atoms with E-state index in [0.29, 0.717) is 12.0 Å². The van der Waals surface area contributed by atoms with Gasteiger partial charge in [0.25, 0.3) is 0 Å². The summed E-state index contributed by atoms with van der Waals surface area (Å²) < 4.78 is 0. The van der Waals surface area contributed by atoms with Crippen LogP contribution in [0.25, 0.3) is 0 Å². The summed E-state index contributed by atoms with van der Waals surface area (Å²) >= 11 is 0. The zero-order valence-corrected chi connectivity index (χ0v) is 12.5. The molecule has 0 saturated carbocycles. The maximum absolute atomic E-state index is 6.06. The van der Waals surface area contributed by atoms with Crippen LogP contribution >= 0.6 is 12.4 Å². The number of nitrogens with two attached hydrogens (primary N) is 1. The molecule has 1 saturated heterocycles. The third-order valence-corrected chi connectivity index (χ3v) is 4.17. The highest BCUT2D eigenvalue weighted by Gasteiger charge is 2.23. The zero-order chi connectivity index (χ0) is 12.4. The SMILES string of the molecule is Cc1cccc(CN2CCC(N)C(C)C2)c1C.Cl. The van der Waals surface area contributed by atoms with Gasteiger partial charge in [0.2, 0.25) is 0 Å². The van der Waals surface area contributed by atoms with Crippen LogP contribution in [0.1, 0.15) is 30.0 Å². The van der Waals surface area contributed by atoms with Crippen molar-refractivity contribution < 1.29 is 0 Å². The van der Waals surface area contributed by atoms with Crippen LogP contribution in [0, 0.1) is 19.8 Å². The fraction of sp³-hybridized carbons (Fsp3) is 0.600. The number of halogens is 1. The molecule has 2 N–H and O–H groups in total. The first kappa shape index (κ1) is 15.5. The lowest BCUT2D eigenvalue weighted by molar-refractivity contribution is 0.157. The number of benzene rings is 1. The first-order chi connectivity index (χ1) is 8.08. The molecule has 0 spiro atoms. The number of likely N-dealkylation sites (tertiary alicyclic amines) is 1. The fourth-order valence-electron chi connectivity index (χ4n) is 2.62. The maximum atomic E-state index is 6.06. The van der Waals surface area contributed by atoms with Gasteiger partial charge in [0.1, 0.15) is 0 Å². The Bertz CT molecular complexity index is 392. The van der Waals surface area contributed by atoms with E-state index in [4.69, 9.17) is 5.73 Å². The van der Waals surface area contributed by atoms with Gasteiger partial charge in [-0.3, -0.25) is 4.90 Å². The molecule has 102 valence electrons. The Balaban J connectivity index is 0.00000162. The third-order valence-electron chi connectivity index (χ3n) is 4.17. The smallest absolute Gasteiger partial charge is 0.0236 e. The van der Waals surface area contributed by atoms with Crippen LogP contribution in [-0.4, -0.2) is 24.0 Å². The van der Waals surface area contributed by atoms with Crippen molar-refractivity contribution in [1.29, 1.82) is 0 Å². The van der Waals surface area contributed by atoms with Crippen molar-refractivity contribution in [1.82, 2.24) is 4.90 Å². The number of hydrogen-bond acceptors (Lipinski definition) is 2. The van der Waals surface area contributed by atoms with E-state index >= 15 is 0 Å². The van der Waals surface area contributed by atoms with E-state index in [1.54, 1.807) is 0 Å². The topological polar surface area (TPSA) is 29.3 Å². The molecule has 2 unspecified atom stereocenters. The number of hydrogen-bond donors (Lipinski definition) is 1. The quantitative estimate of drug-likeness (QED) is 0.894. The largest absolute Gasteiger partial charge is 0.327 e. The van der Waals surface area contributed by atoms with Crippen molar-refractivity contribution in [2.24, 2.45) is 11.7 Å². The lowest BCUT2D eigenvalue weighted by atomic mass is 9.94. The van der Waals surface area contributed by atoms with Crippen molar-refractivity contribution in [3.05, 3.63) is 34.9 Å². The minimum Gasteiger partial charge on any atom is -0.327 e. The van der Waals surface area contributed by atoms with Gasteiger partial charge in [-0.05, 0) is 49.4 Å². The summed E-state index contributed by atoms with van der Waals surface area (Å²) in [4.78, 5) is 2.54. The number of piperidine rings is 1. The highest BCUT2D eigenvalue weighted by molar-refractivity contribution is 5.85. The molecule has 18 heavy (non-hydrogen) atoms. The van der Waals surface area contributed by atoms with Crippen molar-refractivity contribution in [2.45, 2.75) is 39.8 Å². The minimum absolute atomic E-state index is 0. The summed E-state index contributed by atoms with van der Waals surface area (Å²) in [6.45, 7) is 10.0. The molecule has 2 nitrogen and oxygen atoms in total. The van der Waals surface area contributed by atoms with Gasteiger partial charge in [0.15, 0.2) is 0 Å². The predicted octanol–water partition coefficient (Wildman–Crippen LogP) is 2.89. The summed E-state index contributed by atoms with van der Waals surface area (Å²) in [6.07, 6.45) is 1.13. The molecule has 1 aromatic carbocycles. The Morgan fingerprint density at radius 1 is 1.33 bits per heavy atom. The minimum atomic E-state index is 0. The van der Waals surface area contributed by atoms with Crippen LogP contribution in [-0.2, 0) is 6.54 Å². The van der Waals surface area contributed by atoms with Crippen molar-refractivity contribution in [3.8, 4) is 0 Å². The van der Waals surface area contributed by atoms with E-state index in [9.17, 15) is 0 Å². The second kappa shape index (κ2) is 6.55. The molecule has 1 aromatic rings. The lowest BCUT2D eigenvalue weighted by Crippen LogP contribution is -2.45. The molecule has 0 aliphatic carbocycles. The summed E-state index contributed by atoms with van der Waals surface area (Å²) in [6, 6.07) is 7.00. The van der Waals surface area contributed by atoms with Crippen LogP contribution in [0.2, 0.25) is 0 Å². The second-order valence-corrected chi connectivity index (χ2v) is 5.52. The van der Waals surface area contributed by atoms with Crippen molar-refractivity contribution in [2.75, 3.05) is 13.1 Å². The third kappa shape index (κ3) is 3.47. The molecule has 1 aliphatic rings. The predicted molar refractivity (Wildman–Crippen MR) is 80.2 cm³/mol. The van der Waals surface area contributed by atoms with E-state index in [0.717, 1.165) is 26.1 Å². The Kier molecular flexibility index (Phi) is 5.64. The Labute approximate surface area is 117 Å². The maximum Gasteiger partial charge on any atom is 0.0236 e. The summed E-state index contributed by atoms with van der Waals surface area (Å²) in [5, 5.41) is 0. The van der Waals surface area contributed by atoms with Crippen LogP contribution in [0.15, 0.2) is 18.2 Å². The van der Waals surface area contributed by atoms with Crippen LogP contribution in [0.5, 0.6) is 0 Å². The number of nitrogens with zero attached hydrogens (tertiary/aromatic N) is 1. The number of rotatable bonds is 2. The van der Waals surface area contributed by atoms with Gasteiger partial charge in [-0.2, -0.15) is 0 Å². The van der Waals surface area contributed by atoms with E-state index in [1.165, 1.54) is 16.7 Å². The van der Waals surface area contributed by atoms with Gasteiger partial charge in [-0.25, -0.2) is 0 Å². The monoisotopic (exact) mass is 268 g/mol. The normalized spacial score (nSPS) is 24.7. The molecule has 1 fully saturated rings. The van der Waals surface area contributed by atoms with E-state index in [1.807, 2.05) is 0 Å². The molecule has 0 radical (unpaired) electrons. The van der Waals surface area contributed by atoms with Crippen molar-refractivity contribution >= 4 is 12.4 Å². The molecule has 1 heterocycles. The van der Waals surface area contributed by atoms with Crippen LogP contribution in [0.3, 0.4) is 0 Å². The summed E-state index contributed by atoms with van der Waals surface area (Å²) in [5.74, 6) is 0.619. The van der Waals surface area contributed by atoms with Crippen molar-refractivity contribution in [3.63, 3.8) is 0 Å². The van der Waals surface area contributed by atoms with Gasteiger partial charge < -0.3 is 5.73 Å². The molecule has 3 heteroatoms. The average Bonchev–Trinajstić information content (AvgIpc) is 2.30. The zero-order valence-electron chi connectivity index (χ0n) is 11.6. The van der Waals surface area contributed by atoms with Gasteiger partial charge in [0, 0.05) is 19.1 Å². The molecule has 0 bridgehead atoms. The average molecular weight is 269 g/mol. The van der Waals surface area contributed by atoms with Gasteiger partial charge >= 0.3 is 0 Å². The second-order valence-electron chi connectivity index (χ2n) is 5.52. The number of aryl methyl sites for hydroxylation is 1. The fourth-order valence-corrected chi connectivity index (χ4v) is 2.62. The van der Waals surface area contributed by atoms with Gasteiger partial charge in [-0.15, -0.1) is 12.4 Å². The first-order valence-electron chi connectivity index (χ1n) is 6.61. The van der Waals surface area contributed by atoms with E-state index in [2.05, 4.69) is 43.9 Å². The first-order valence-corrected chi connectivity index (χ1v) is 6.61. The van der Waals surface area contributed by atoms with Gasteiger partial charge in [-0.1, -0.05) is 25.1 Å². The molecular weight excluding hydrogens is 244 g/mol. The van der Waals surface area contributed by atoms with Gasteiger partial charge in [0.05, 0.1) is 0 Å². The Hall–Kier alpha value is -0.570. The lowest BCUT2D eigenvalue weighted by Gasteiger charge is -2.35. The molecule has 0 aromatic heterocycles. The highest BCUT2D eigenvalue weighted by atomic mass is 35.5. The van der Waals surface area contributed by atoms with Crippen LogP contribution in [0.4, 0.5) is 0 Å². The molecule has 2 rings (SSSR count). The molecule has 2 atom stereocenters. The van der Waals surface area contributed by atoms with Crippen LogP contribution < -0.4 is 5.73 Å². The summed E-state index contributed by atoms with van der Waals surface area (Å²) in [5.41, 5.74) is 10.4. The molecular formula is C15H25ClN2. The Morgan fingerprint density at radius 3 is 2.72 bits per heavy atom. The molecule has 0 amide bonds. The highest BCUT2D eigenvalue weighted by Crippen LogP contribution is 2.20. The molecule has 1 aliphatic heterocycles.